The van der Waals surface area contributed by atoms with E-state index in [0.717, 1.165) is 12.8 Å². The van der Waals surface area contributed by atoms with Crippen LogP contribution in [0.1, 0.15) is 33.6 Å². The molecule has 0 saturated heterocycles. The lowest BCUT2D eigenvalue weighted by Gasteiger charge is -2.28. The summed E-state index contributed by atoms with van der Waals surface area (Å²) in [6.07, 6.45) is 1.95. The third kappa shape index (κ3) is 2.05. The van der Waals surface area contributed by atoms with Crippen LogP contribution in [0.15, 0.2) is 12.1 Å². The predicted octanol–water partition coefficient (Wildman–Crippen LogP) is 3.95. The first kappa shape index (κ1) is 13.1. The van der Waals surface area contributed by atoms with Gasteiger partial charge in [-0.15, -0.1) is 0 Å². The number of rotatable bonds is 3. The summed E-state index contributed by atoms with van der Waals surface area (Å²) in [5, 5.41) is 0.0699. The molecule has 18 heavy (non-hydrogen) atoms. The number of nitrogen functional groups attached to an aromatic ring is 1. The van der Waals surface area contributed by atoms with Gasteiger partial charge in [0.05, 0.1) is 16.1 Å². The van der Waals surface area contributed by atoms with Crippen LogP contribution in [0.25, 0.3) is 11.0 Å². The van der Waals surface area contributed by atoms with Gasteiger partial charge in [-0.05, 0) is 26.3 Å². The lowest BCUT2D eigenvalue weighted by atomic mass is 9.98. The Bertz CT molecular complexity index is 589. The molecule has 0 radical (unpaired) electrons. The number of halogens is 2. The molecule has 98 valence electrons. The predicted molar refractivity (Wildman–Crippen MR) is 73.3 cm³/mol. The van der Waals surface area contributed by atoms with Crippen molar-refractivity contribution in [3.05, 3.63) is 23.0 Å². The number of fused-ring (bicyclic) bond motifs is 1. The minimum atomic E-state index is -0.447. The van der Waals surface area contributed by atoms with E-state index in [9.17, 15) is 4.39 Å². The van der Waals surface area contributed by atoms with Gasteiger partial charge in [0, 0.05) is 11.6 Å². The maximum atomic E-state index is 13.6. The summed E-state index contributed by atoms with van der Waals surface area (Å²) in [6, 6.07) is 2.92. The lowest BCUT2D eigenvalue weighted by molar-refractivity contribution is 0.338. The van der Waals surface area contributed by atoms with E-state index in [4.69, 9.17) is 17.3 Å². The summed E-state index contributed by atoms with van der Waals surface area (Å²) in [7, 11) is 0. The Morgan fingerprint density at radius 2 is 2.11 bits per heavy atom. The van der Waals surface area contributed by atoms with E-state index in [1.807, 2.05) is 4.57 Å². The molecule has 0 fully saturated rings. The second-order valence-electron chi connectivity index (χ2n) is 5.12. The van der Waals surface area contributed by atoms with Crippen molar-refractivity contribution in [1.29, 1.82) is 0 Å². The second kappa shape index (κ2) is 4.43. The molecule has 3 nitrogen and oxygen atoms in total. The Morgan fingerprint density at radius 1 is 1.44 bits per heavy atom. The van der Waals surface area contributed by atoms with E-state index in [2.05, 4.69) is 25.8 Å². The Hall–Kier alpha value is -1.29. The van der Waals surface area contributed by atoms with Crippen molar-refractivity contribution in [2.45, 2.75) is 39.2 Å². The topological polar surface area (TPSA) is 43.8 Å². The molecular weight excluding hydrogens is 253 g/mol. The normalized spacial score (nSPS) is 12.3. The lowest BCUT2D eigenvalue weighted by Crippen LogP contribution is -2.27. The van der Waals surface area contributed by atoms with Crippen LogP contribution in [0.5, 0.6) is 0 Å². The van der Waals surface area contributed by atoms with Crippen molar-refractivity contribution in [2.24, 2.45) is 0 Å². The first-order valence-corrected chi connectivity index (χ1v) is 6.38. The number of hydrogen-bond donors (Lipinski definition) is 1. The molecule has 0 bridgehead atoms. The van der Waals surface area contributed by atoms with Crippen molar-refractivity contribution in [2.75, 3.05) is 5.73 Å². The smallest absolute Gasteiger partial charge is 0.201 e. The maximum Gasteiger partial charge on any atom is 0.201 e. The molecular formula is C13H17ClFN3. The van der Waals surface area contributed by atoms with Gasteiger partial charge < -0.3 is 10.3 Å². The van der Waals surface area contributed by atoms with E-state index in [1.165, 1.54) is 12.1 Å². The van der Waals surface area contributed by atoms with Crippen molar-refractivity contribution >= 4 is 28.6 Å². The summed E-state index contributed by atoms with van der Waals surface area (Å²) in [4.78, 5) is 4.25. The molecule has 2 rings (SSSR count). The fraction of sp³-hybridized carbons (Fsp3) is 0.462. The van der Waals surface area contributed by atoms with Crippen molar-refractivity contribution in [1.82, 2.24) is 9.55 Å². The molecule has 0 atom stereocenters. The number of nitrogens with two attached hydrogens (primary N) is 1. The molecule has 2 N–H and O–H groups in total. The van der Waals surface area contributed by atoms with Gasteiger partial charge in [0.25, 0.3) is 0 Å². The molecule has 5 heteroatoms. The Morgan fingerprint density at radius 3 is 2.72 bits per heavy atom. The largest absolute Gasteiger partial charge is 0.369 e. The highest BCUT2D eigenvalue weighted by molar-refractivity contribution is 6.31. The number of aromatic nitrogens is 2. The van der Waals surface area contributed by atoms with Crippen LogP contribution in [0.2, 0.25) is 5.02 Å². The average Bonchev–Trinajstić information content (AvgIpc) is 2.55. The minimum Gasteiger partial charge on any atom is -0.369 e. The fourth-order valence-electron chi connectivity index (χ4n) is 2.45. The molecule has 0 aliphatic heterocycles. The highest BCUT2D eigenvalue weighted by Gasteiger charge is 2.25. The summed E-state index contributed by atoms with van der Waals surface area (Å²) >= 11 is 5.76. The number of nitrogens with zero attached hydrogens (tertiary/aromatic N) is 2. The van der Waals surface area contributed by atoms with E-state index in [-0.39, 0.29) is 10.6 Å². The van der Waals surface area contributed by atoms with Crippen molar-refractivity contribution in [3.63, 3.8) is 0 Å². The summed E-state index contributed by atoms with van der Waals surface area (Å²) in [5.41, 5.74) is 7.07. The monoisotopic (exact) mass is 269 g/mol. The van der Waals surface area contributed by atoms with Gasteiger partial charge in [0.1, 0.15) is 5.82 Å². The maximum absolute atomic E-state index is 13.6. The van der Waals surface area contributed by atoms with Crippen LogP contribution >= 0.6 is 11.6 Å². The number of benzene rings is 1. The summed E-state index contributed by atoms with van der Waals surface area (Å²) in [6.45, 7) is 6.25. The van der Waals surface area contributed by atoms with Gasteiger partial charge in [-0.25, -0.2) is 9.37 Å². The van der Waals surface area contributed by atoms with Crippen LogP contribution in [-0.2, 0) is 5.54 Å². The van der Waals surface area contributed by atoms with Gasteiger partial charge >= 0.3 is 0 Å². The highest BCUT2D eigenvalue weighted by Crippen LogP contribution is 2.32. The zero-order valence-corrected chi connectivity index (χ0v) is 11.6. The standard InChI is InChI=1S/C13H17ClFN3/c1-4-5-13(2,3)18-11-7-9(15)8(14)6-10(11)17-12(18)16/h6-7H,4-5H2,1-3H3,(H2,16,17). The van der Waals surface area contributed by atoms with Gasteiger partial charge in [-0.1, -0.05) is 24.9 Å². The Balaban J connectivity index is 2.70. The van der Waals surface area contributed by atoms with E-state index >= 15 is 0 Å². The van der Waals surface area contributed by atoms with Crippen molar-refractivity contribution < 1.29 is 4.39 Å². The molecule has 0 saturated carbocycles. The third-order valence-electron chi connectivity index (χ3n) is 3.19. The van der Waals surface area contributed by atoms with Gasteiger partial charge in [-0.3, -0.25) is 0 Å². The molecule has 0 unspecified atom stereocenters. The first-order chi connectivity index (χ1) is 8.36. The summed E-state index contributed by atoms with van der Waals surface area (Å²) in [5.74, 6) is -0.0530. The van der Waals surface area contributed by atoms with Gasteiger partial charge in [0.2, 0.25) is 5.95 Å². The molecule has 0 aliphatic rings. The molecule has 1 aromatic carbocycles. The van der Waals surface area contributed by atoms with Crippen molar-refractivity contribution in [3.8, 4) is 0 Å². The average molecular weight is 270 g/mol. The van der Waals surface area contributed by atoms with Gasteiger partial charge in [-0.2, -0.15) is 0 Å². The molecule has 0 amide bonds. The first-order valence-electron chi connectivity index (χ1n) is 6.00. The molecule has 0 spiro atoms. The zero-order valence-electron chi connectivity index (χ0n) is 10.8. The third-order valence-corrected chi connectivity index (χ3v) is 3.48. The number of imidazole rings is 1. The Labute approximate surface area is 111 Å². The Kier molecular flexibility index (Phi) is 3.23. The van der Waals surface area contributed by atoms with E-state index in [0.29, 0.717) is 17.0 Å². The molecule has 1 aromatic heterocycles. The van der Waals surface area contributed by atoms with E-state index < -0.39 is 5.82 Å². The van der Waals surface area contributed by atoms with Crippen LogP contribution in [0.3, 0.4) is 0 Å². The van der Waals surface area contributed by atoms with Crippen LogP contribution < -0.4 is 5.73 Å². The van der Waals surface area contributed by atoms with E-state index in [1.54, 1.807) is 0 Å². The second-order valence-corrected chi connectivity index (χ2v) is 5.53. The quantitative estimate of drug-likeness (QED) is 0.917. The highest BCUT2D eigenvalue weighted by atomic mass is 35.5. The molecule has 1 heterocycles. The fourth-order valence-corrected chi connectivity index (χ4v) is 2.61. The molecule has 2 aromatic rings. The zero-order chi connectivity index (χ0) is 13.5. The number of anilines is 1. The molecule has 0 aliphatic carbocycles. The SMILES string of the molecule is CCCC(C)(C)n1c(N)nc2cc(Cl)c(F)cc21. The van der Waals surface area contributed by atoms with Crippen LogP contribution in [-0.4, -0.2) is 9.55 Å². The van der Waals surface area contributed by atoms with Crippen LogP contribution in [0.4, 0.5) is 10.3 Å². The minimum absolute atomic E-state index is 0.0699. The van der Waals surface area contributed by atoms with Crippen LogP contribution in [0, 0.1) is 5.82 Å². The number of hydrogen-bond acceptors (Lipinski definition) is 2. The van der Waals surface area contributed by atoms with Gasteiger partial charge in [0.15, 0.2) is 0 Å². The summed E-state index contributed by atoms with van der Waals surface area (Å²) < 4.78 is 15.5.